The highest BCUT2D eigenvalue weighted by Crippen LogP contribution is 2.25. The van der Waals surface area contributed by atoms with Crippen LogP contribution in [0, 0.1) is 12.7 Å². The third kappa shape index (κ3) is 6.23. The summed E-state index contributed by atoms with van der Waals surface area (Å²) in [7, 11) is -2.30. The summed E-state index contributed by atoms with van der Waals surface area (Å²) in [6.45, 7) is 3.29. The molecule has 3 aromatic rings. The molecule has 2 N–H and O–H groups in total. The summed E-state index contributed by atoms with van der Waals surface area (Å²) in [4.78, 5) is 12.4. The zero-order valence-corrected chi connectivity index (χ0v) is 19.3. The molecule has 0 bridgehead atoms. The number of carbonyl (C=O) groups excluding carboxylic acids is 1. The van der Waals surface area contributed by atoms with Crippen molar-refractivity contribution in [3.63, 3.8) is 0 Å². The van der Waals surface area contributed by atoms with Gasteiger partial charge in [-0.2, -0.15) is 0 Å². The number of hydrogen-bond acceptors (Lipinski definition) is 5. The smallest absolute Gasteiger partial charge is 0.261 e. The predicted molar refractivity (Wildman–Crippen MR) is 123 cm³/mol. The quantitative estimate of drug-likeness (QED) is 0.487. The Labute approximate surface area is 192 Å². The van der Waals surface area contributed by atoms with Crippen LogP contribution in [0.5, 0.6) is 11.5 Å². The number of aryl methyl sites for hydroxylation is 1. The van der Waals surface area contributed by atoms with Crippen molar-refractivity contribution in [1.29, 1.82) is 0 Å². The summed E-state index contributed by atoms with van der Waals surface area (Å²) < 4.78 is 51.6. The van der Waals surface area contributed by atoms with Gasteiger partial charge in [0.15, 0.2) is 6.61 Å². The van der Waals surface area contributed by atoms with E-state index in [1.54, 1.807) is 14.0 Å². The largest absolute Gasteiger partial charge is 0.496 e. The molecule has 0 aliphatic carbocycles. The first-order valence-corrected chi connectivity index (χ1v) is 11.6. The van der Waals surface area contributed by atoms with Gasteiger partial charge in [0.05, 0.1) is 18.0 Å². The maximum atomic E-state index is 13.0. The molecule has 0 radical (unpaired) electrons. The molecular formula is C24H25FN2O5S. The Morgan fingerprint density at radius 2 is 1.73 bits per heavy atom. The Kier molecular flexibility index (Phi) is 7.55. The fourth-order valence-electron chi connectivity index (χ4n) is 3.21. The SMILES string of the molecule is COc1ccccc1C(C)NC(=O)COc1ccc(S(=O)(=O)Nc2ccc(F)cc2)cc1C. The van der Waals surface area contributed by atoms with E-state index in [1.165, 1.54) is 42.5 Å². The summed E-state index contributed by atoms with van der Waals surface area (Å²) in [5.41, 5.74) is 1.63. The molecule has 0 spiro atoms. The van der Waals surface area contributed by atoms with E-state index in [0.29, 0.717) is 17.1 Å². The van der Waals surface area contributed by atoms with Crippen LogP contribution in [-0.2, 0) is 14.8 Å². The van der Waals surface area contributed by atoms with Gasteiger partial charge in [0.1, 0.15) is 17.3 Å². The molecule has 0 aromatic heterocycles. The number of hydrogen-bond donors (Lipinski definition) is 2. The standard InChI is InChI=1S/C24H25FN2O5S/c1-16-14-20(33(29,30)27-19-10-8-18(25)9-11-19)12-13-22(16)32-15-24(28)26-17(2)21-6-4-5-7-23(21)31-3/h4-14,17,27H,15H2,1-3H3,(H,26,28). The number of methoxy groups -OCH3 is 1. The highest BCUT2D eigenvalue weighted by Gasteiger charge is 2.17. The van der Waals surface area contributed by atoms with Gasteiger partial charge in [0, 0.05) is 11.3 Å². The van der Waals surface area contributed by atoms with Crippen molar-refractivity contribution in [3.05, 3.63) is 83.7 Å². The minimum Gasteiger partial charge on any atom is -0.496 e. The van der Waals surface area contributed by atoms with Crippen LogP contribution >= 0.6 is 0 Å². The summed E-state index contributed by atoms with van der Waals surface area (Å²) in [5.74, 6) is 0.267. The lowest BCUT2D eigenvalue weighted by molar-refractivity contribution is -0.123. The molecule has 1 atom stereocenters. The number of nitrogens with one attached hydrogen (secondary N) is 2. The molecular weight excluding hydrogens is 447 g/mol. The predicted octanol–water partition coefficient (Wildman–Crippen LogP) is 4.20. The van der Waals surface area contributed by atoms with Crippen molar-refractivity contribution in [2.45, 2.75) is 24.8 Å². The fraction of sp³-hybridized carbons (Fsp3) is 0.208. The fourth-order valence-corrected chi connectivity index (χ4v) is 4.35. The molecule has 9 heteroatoms. The normalized spacial score (nSPS) is 12.0. The molecule has 1 unspecified atom stereocenters. The number of rotatable bonds is 9. The van der Waals surface area contributed by atoms with Crippen LogP contribution in [0.15, 0.2) is 71.6 Å². The Bertz CT molecular complexity index is 1230. The van der Waals surface area contributed by atoms with Gasteiger partial charge in [0.25, 0.3) is 15.9 Å². The molecule has 174 valence electrons. The number of para-hydroxylation sites is 1. The lowest BCUT2D eigenvalue weighted by Gasteiger charge is -2.18. The minimum atomic E-state index is -3.87. The number of benzene rings is 3. The third-order valence-electron chi connectivity index (χ3n) is 4.89. The minimum absolute atomic E-state index is 0.0194. The number of ether oxygens (including phenoxy) is 2. The number of sulfonamides is 1. The van der Waals surface area contributed by atoms with E-state index in [4.69, 9.17) is 9.47 Å². The molecule has 0 aliphatic heterocycles. The molecule has 3 rings (SSSR count). The van der Waals surface area contributed by atoms with Gasteiger partial charge >= 0.3 is 0 Å². The average molecular weight is 473 g/mol. The molecule has 0 aliphatic rings. The van der Waals surface area contributed by atoms with E-state index in [1.807, 2.05) is 31.2 Å². The van der Waals surface area contributed by atoms with Crippen LogP contribution in [0.3, 0.4) is 0 Å². The van der Waals surface area contributed by atoms with E-state index < -0.39 is 15.8 Å². The highest BCUT2D eigenvalue weighted by atomic mass is 32.2. The Morgan fingerprint density at radius 1 is 1.03 bits per heavy atom. The number of carbonyl (C=O) groups is 1. The van der Waals surface area contributed by atoms with Crippen LogP contribution < -0.4 is 19.5 Å². The van der Waals surface area contributed by atoms with Crippen molar-refractivity contribution in [2.24, 2.45) is 0 Å². The van der Waals surface area contributed by atoms with Crippen molar-refractivity contribution in [3.8, 4) is 11.5 Å². The molecule has 7 nitrogen and oxygen atoms in total. The monoisotopic (exact) mass is 472 g/mol. The topological polar surface area (TPSA) is 93.7 Å². The van der Waals surface area contributed by atoms with Crippen LogP contribution in [0.4, 0.5) is 10.1 Å². The molecule has 0 heterocycles. The van der Waals surface area contributed by atoms with Gasteiger partial charge in [-0.3, -0.25) is 9.52 Å². The first-order valence-electron chi connectivity index (χ1n) is 10.1. The van der Waals surface area contributed by atoms with E-state index in [-0.39, 0.29) is 29.1 Å². The summed E-state index contributed by atoms with van der Waals surface area (Å²) in [6.07, 6.45) is 0. The average Bonchev–Trinajstić information content (AvgIpc) is 2.79. The molecule has 0 fully saturated rings. The van der Waals surface area contributed by atoms with Crippen LogP contribution in [0.2, 0.25) is 0 Å². The van der Waals surface area contributed by atoms with E-state index >= 15 is 0 Å². The lowest BCUT2D eigenvalue weighted by atomic mass is 10.1. The zero-order chi connectivity index (χ0) is 24.0. The van der Waals surface area contributed by atoms with Gasteiger partial charge in [0.2, 0.25) is 0 Å². The van der Waals surface area contributed by atoms with Gasteiger partial charge in [-0.25, -0.2) is 12.8 Å². The Balaban J connectivity index is 1.62. The molecule has 33 heavy (non-hydrogen) atoms. The van der Waals surface area contributed by atoms with Crippen molar-refractivity contribution >= 4 is 21.6 Å². The van der Waals surface area contributed by atoms with Gasteiger partial charge < -0.3 is 14.8 Å². The van der Waals surface area contributed by atoms with Crippen LogP contribution in [0.25, 0.3) is 0 Å². The second-order valence-electron chi connectivity index (χ2n) is 7.36. The third-order valence-corrected chi connectivity index (χ3v) is 6.27. The summed E-state index contributed by atoms with van der Waals surface area (Å²) in [5, 5.41) is 2.85. The van der Waals surface area contributed by atoms with Crippen LogP contribution in [-0.4, -0.2) is 28.0 Å². The maximum absolute atomic E-state index is 13.0. The second kappa shape index (κ2) is 10.4. The highest BCUT2D eigenvalue weighted by molar-refractivity contribution is 7.92. The summed E-state index contributed by atoms with van der Waals surface area (Å²) >= 11 is 0. The molecule has 3 aromatic carbocycles. The van der Waals surface area contributed by atoms with E-state index in [9.17, 15) is 17.6 Å². The second-order valence-corrected chi connectivity index (χ2v) is 9.04. The first-order chi connectivity index (χ1) is 15.7. The van der Waals surface area contributed by atoms with Gasteiger partial charge in [-0.1, -0.05) is 18.2 Å². The molecule has 0 saturated heterocycles. The Morgan fingerprint density at radius 3 is 2.39 bits per heavy atom. The summed E-state index contributed by atoms with van der Waals surface area (Å²) in [6, 6.07) is 16.4. The van der Waals surface area contributed by atoms with Crippen LogP contribution in [0.1, 0.15) is 24.1 Å². The lowest BCUT2D eigenvalue weighted by Crippen LogP contribution is -2.31. The van der Waals surface area contributed by atoms with Gasteiger partial charge in [-0.05, 0) is 67.9 Å². The zero-order valence-electron chi connectivity index (χ0n) is 18.5. The van der Waals surface area contributed by atoms with Crippen molar-refractivity contribution in [2.75, 3.05) is 18.4 Å². The number of anilines is 1. The van der Waals surface area contributed by atoms with Gasteiger partial charge in [-0.15, -0.1) is 0 Å². The number of halogens is 1. The first kappa shape index (κ1) is 24.1. The Hall–Kier alpha value is -3.59. The number of amides is 1. The van der Waals surface area contributed by atoms with E-state index in [0.717, 1.165) is 5.56 Å². The maximum Gasteiger partial charge on any atom is 0.261 e. The molecule has 0 saturated carbocycles. The van der Waals surface area contributed by atoms with Crippen molar-refractivity contribution < 1.29 is 27.1 Å². The molecule has 1 amide bonds. The van der Waals surface area contributed by atoms with Crippen molar-refractivity contribution in [1.82, 2.24) is 5.32 Å². The van der Waals surface area contributed by atoms with E-state index in [2.05, 4.69) is 10.0 Å².